The highest BCUT2D eigenvalue weighted by Gasteiger charge is 2.08. The number of aryl methyl sites for hydroxylation is 1. The van der Waals surface area contributed by atoms with Gasteiger partial charge in [0, 0.05) is 10.8 Å². The van der Waals surface area contributed by atoms with Crippen LogP contribution in [0.4, 0.5) is 0 Å². The average molecular weight is 230 g/mol. The molecule has 0 heterocycles. The molecule has 0 fully saturated rings. The SMILES string of the molecule is CCOc1cccc2c(OCC)c(C)ccc12. The summed E-state index contributed by atoms with van der Waals surface area (Å²) in [5, 5.41) is 2.24. The monoisotopic (exact) mass is 230 g/mol. The van der Waals surface area contributed by atoms with Crippen molar-refractivity contribution in [2.45, 2.75) is 20.8 Å². The maximum absolute atomic E-state index is 5.73. The van der Waals surface area contributed by atoms with E-state index in [9.17, 15) is 0 Å². The number of fused-ring (bicyclic) bond motifs is 1. The van der Waals surface area contributed by atoms with Crippen LogP contribution in [0.25, 0.3) is 10.8 Å². The molecule has 0 unspecified atom stereocenters. The van der Waals surface area contributed by atoms with Gasteiger partial charge >= 0.3 is 0 Å². The minimum atomic E-state index is 0.678. The Morgan fingerprint density at radius 3 is 2.35 bits per heavy atom. The zero-order chi connectivity index (χ0) is 12.3. The Hall–Kier alpha value is -1.70. The fourth-order valence-corrected chi connectivity index (χ4v) is 2.03. The van der Waals surface area contributed by atoms with Crippen LogP contribution in [-0.2, 0) is 0 Å². The van der Waals surface area contributed by atoms with E-state index in [2.05, 4.69) is 25.1 Å². The van der Waals surface area contributed by atoms with Gasteiger partial charge in [0.05, 0.1) is 13.2 Å². The van der Waals surface area contributed by atoms with Crippen molar-refractivity contribution in [3.63, 3.8) is 0 Å². The summed E-state index contributed by atoms with van der Waals surface area (Å²) < 4.78 is 11.4. The number of benzene rings is 2. The van der Waals surface area contributed by atoms with Crippen LogP contribution in [0, 0.1) is 6.92 Å². The van der Waals surface area contributed by atoms with Crippen molar-refractivity contribution < 1.29 is 9.47 Å². The van der Waals surface area contributed by atoms with E-state index in [1.165, 1.54) is 0 Å². The lowest BCUT2D eigenvalue weighted by atomic mass is 10.1. The fourth-order valence-electron chi connectivity index (χ4n) is 2.03. The second-order valence-corrected chi connectivity index (χ2v) is 3.93. The van der Waals surface area contributed by atoms with E-state index >= 15 is 0 Å². The highest BCUT2D eigenvalue weighted by Crippen LogP contribution is 2.34. The van der Waals surface area contributed by atoms with E-state index in [1.54, 1.807) is 0 Å². The van der Waals surface area contributed by atoms with Crippen molar-refractivity contribution in [1.82, 2.24) is 0 Å². The van der Waals surface area contributed by atoms with Gasteiger partial charge in [0.15, 0.2) is 0 Å². The molecule has 2 heteroatoms. The summed E-state index contributed by atoms with van der Waals surface area (Å²) in [6, 6.07) is 10.3. The molecule has 0 saturated carbocycles. The van der Waals surface area contributed by atoms with Gasteiger partial charge in [0.1, 0.15) is 11.5 Å². The molecule has 0 aliphatic rings. The maximum Gasteiger partial charge on any atom is 0.130 e. The van der Waals surface area contributed by atoms with Crippen LogP contribution in [0.2, 0.25) is 0 Å². The summed E-state index contributed by atoms with van der Waals surface area (Å²) in [4.78, 5) is 0. The summed E-state index contributed by atoms with van der Waals surface area (Å²) in [7, 11) is 0. The molecule has 2 aromatic rings. The van der Waals surface area contributed by atoms with Crippen molar-refractivity contribution >= 4 is 10.8 Å². The third-order valence-corrected chi connectivity index (χ3v) is 2.76. The normalized spacial score (nSPS) is 10.5. The largest absolute Gasteiger partial charge is 0.493 e. The molecule has 0 atom stereocenters. The fraction of sp³-hybridized carbons (Fsp3) is 0.333. The molecule has 0 aliphatic heterocycles. The predicted octanol–water partition coefficient (Wildman–Crippen LogP) is 3.95. The maximum atomic E-state index is 5.73. The van der Waals surface area contributed by atoms with Gasteiger partial charge in [-0.1, -0.05) is 24.3 Å². The van der Waals surface area contributed by atoms with E-state index < -0.39 is 0 Å². The van der Waals surface area contributed by atoms with E-state index in [0.29, 0.717) is 13.2 Å². The van der Waals surface area contributed by atoms with E-state index in [0.717, 1.165) is 27.8 Å². The van der Waals surface area contributed by atoms with Crippen LogP contribution in [0.5, 0.6) is 11.5 Å². The van der Waals surface area contributed by atoms with Crippen molar-refractivity contribution in [3.8, 4) is 11.5 Å². The molecule has 2 rings (SSSR count). The average Bonchev–Trinajstić information content (AvgIpc) is 2.34. The molecule has 0 aliphatic carbocycles. The van der Waals surface area contributed by atoms with E-state index in [4.69, 9.17) is 9.47 Å². The molecule has 0 amide bonds. The summed E-state index contributed by atoms with van der Waals surface area (Å²) in [5.74, 6) is 1.89. The zero-order valence-corrected chi connectivity index (χ0v) is 10.6. The van der Waals surface area contributed by atoms with Crippen molar-refractivity contribution in [3.05, 3.63) is 35.9 Å². The third-order valence-electron chi connectivity index (χ3n) is 2.76. The minimum Gasteiger partial charge on any atom is -0.493 e. The first-order valence-electron chi connectivity index (χ1n) is 6.05. The Balaban J connectivity index is 2.64. The molecular weight excluding hydrogens is 212 g/mol. The summed E-state index contributed by atoms with van der Waals surface area (Å²) in [6.07, 6.45) is 0. The standard InChI is InChI=1S/C15H18O2/c1-4-16-14-8-6-7-13-12(14)10-9-11(3)15(13)17-5-2/h6-10H,4-5H2,1-3H3. The number of ether oxygens (including phenoxy) is 2. The second kappa shape index (κ2) is 5.09. The van der Waals surface area contributed by atoms with Gasteiger partial charge in [-0.25, -0.2) is 0 Å². The van der Waals surface area contributed by atoms with Crippen molar-refractivity contribution in [1.29, 1.82) is 0 Å². The molecule has 2 nitrogen and oxygen atoms in total. The summed E-state index contributed by atoms with van der Waals surface area (Å²) in [5.41, 5.74) is 1.16. The van der Waals surface area contributed by atoms with E-state index in [1.807, 2.05) is 26.0 Å². The zero-order valence-electron chi connectivity index (χ0n) is 10.6. The lowest BCUT2D eigenvalue weighted by Crippen LogP contribution is -1.97. The van der Waals surface area contributed by atoms with Crippen LogP contribution in [0.3, 0.4) is 0 Å². The van der Waals surface area contributed by atoms with Gasteiger partial charge in [0.25, 0.3) is 0 Å². The van der Waals surface area contributed by atoms with Crippen molar-refractivity contribution in [2.24, 2.45) is 0 Å². The molecule has 0 N–H and O–H groups in total. The van der Waals surface area contributed by atoms with Crippen LogP contribution in [0.1, 0.15) is 19.4 Å². The third kappa shape index (κ3) is 2.21. The molecule has 0 aromatic heterocycles. The Morgan fingerprint density at radius 2 is 1.65 bits per heavy atom. The Kier molecular flexibility index (Phi) is 3.52. The number of hydrogen-bond donors (Lipinski definition) is 0. The van der Waals surface area contributed by atoms with Gasteiger partial charge in [-0.2, -0.15) is 0 Å². The Bertz CT molecular complexity index is 518. The molecule has 2 aromatic carbocycles. The highest BCUT2D eigenvalue weighted by atomic mass is 16.5. The summed E-state index contributed by atoms with van der Waals surface area (Å²) >= 11 is 0. The minimum absolute atomic E-state index is 0.678. The predicted molar refractivity (Wildman–Crippen MR) is 71.0 cm³/mol. The molecule has 0 radical (unpaired) electrons. The molecule has 0 spiro atoms. The first-order chi connectivity index (χ1) is 8.27. The van der Waals surface area contributed by atoms with Gasteiger partial charge < -0.3 is 9.47 Å². The first-order valence-corrected chi connectivity index (χ1v) is 6.05. The first kappa shape index (κ1) is 11.8. The Morgan fingerprint density at radius 1 is 0.882 bits per heavy atom. The smallest absolute Gasteiger partial charge is 0.130 e. The van der Waals surface area contributed by atoms with E-state index in [-0.39, 0.29) is 0 Å². The van der Waals surface area contributed by atoms with Crippen LogP contribution in [-0.4, -0.2) is 13.2 Å². The van der Waals surface area contributed by atoms with Gasteiger partial charge in [-0.3, -0.25) is 0 Å². The topological polar surface area (TPSA) is 18.5 Å². The molecule has 0 saturated heterocycles. The molecule has 90 valence electrons. The number of hydrogen-bond acceptors (Lipinski definition) is 2. The molecule has 17 heavy (non-hydrogen) atoms. The quantitative estimate of drug-likeness (QED) is 0.792. The number of rotatable bonds is 4. The van der Waals surface area contributed by atoms with Gasteiger partial charge in [-0.15, -0.1) is 0 Å². The summed E-state index contributed by atoms with van der Waals surface area (Å²) in [6.45, 7) is 7.43. The van der Waals surface area contributed by atoms with Crippen LogP contribution >= 0.6 is 0 Å². The van der Waals surface area contributed by atoms with Crippen LogP contribution in [0.15, 0.2) is 30.3 Å². The molecule has 0 bridgehead atoms. The van der Waals surface area contributed by atoms with Crippen LogP contribution < -0.4 is 9.47 Å². The van der Waals surface area contributed by atoms with Gasteiger partial charge in [-0.05, 0) is 32.4 Å². The van der Waals surface area contributed by atoms with Gasteiger partial charge in [0.2, 0.25) is 0 Å². The van der Waals surface area contributed by atoms with Crippen molar-refractivity contribution in [2.75, 3.05) is 13.2 Å². The lowest BCUT2D eigenvalue weighted by molar-refractivity contribution is 0.339. The highest BCUT2D eigenvalue weighted by molar-refractivity contribution is 5.94. The molecular formula is C15H18O2. The second-order valence-electron chi connectivity index (χ2n) is 3.93. The lowest BCUT2D eigenvalue weighted by Gasteiger charge is -2.13. The Labute approximate surface area is 102 Å².